The lowest BCUT2D eigenvalue weighted by molar-refractivity contribution is 0.0973. The van der Waals surface area contributed by atoms with E-state index >= 15 is 0 Å². The molecule has 4 heterocycles. The van der Waals surface area contributed by atoms with Crippen LogP contribution in [-0.2, 0) is 11.3 Å². The molecule has 0 bridgehead atoms. The van der Waals surface area contributed by atoms with Crippen LogP contribution in [0.5, 0.6) is 0 Å². The van der Waals surface area contributed by atoms with E-state index in [0.29, 0.717) is 29.4 Å². The second-order valence-corrected chi connectivity index (χ2v) is 6.95. The largest absolute Gasteiger partial charge is 0.376 e. The molecular formula is C21H17FN6O. The average Bonchev–Trinajstić information content (AvgIpc) is 3.48. The van der Waals surface area contributed by atoms with Gasteiger partial charge in [0.15, 0.2) is 0 Å². The van der Waals surface area contributed by atoms with Gasteiger partial charge in [-0.25, -0.2) is 14.4 Å². The maximum absolute atomic E-state index is 13.4. The van der Waals surface area contributed by atoms with Gasteiger partial charge in [0.1, 0.15) is 11.5 Å². The van der Waals surface area contributed by atoms with Gasteiger partial charge in [-0.15, -0.1) is 4.52 Å². The summed E-state index contributed by atoms with van der Waals surface area (Å²) in [5.41, 5.74) is 3.58. The summed E-state index contributed by atoms with van der Waals surface area (Å²) < 4.78 is 22.8. The highest BCUT2D eigenvalue weighted by molar-refractivity contribution is 5.77. The summed E-state index contributed by atoms with van der Waals surface area (Å²) in [6, 6.07) is 9.94. The first kappa shape index (κ1) is 17.5. The quantitative estimate of drug-likeness (QED) is 0.493. The molecule has 5 rings (SSSR count). The van der Waals surface area contributed by atoms with Gasteiger partial charge < -0.3 is 14.1 Å². The van der Waals surface area contributed by atoms with Gasteiger partial charge in [-0.1, -0.05) is 11.7 Å². The number of hydrogen-bond donors (Lipinski definition) is 0. The Morgan fingerprint density at radius 3 is 2.79 bits per heavy atom. The lowest BCUT2D eigenvalue weighted by Gasteiger charge is -2.13. The monoisotopic (exact) mass is 388 g/mol. The van der Waals surface area contributed by atoms with Gasteiger partial charge in [0, 0.05) is 18.2 Å². The fourth-order valence-electron chi connectivity index (χ4n) is 3.68. The van der Waals surface area contributed by atoms with Crippen LogP contribution in [0.25, 0.3) is 33.1 Å². The molecule has 7 nitrogen and oxygen atoms in total. The van der Waals surface area contributed by atoms with Gasteiger partial charge in [-0.05, 0) is 43.2 Å². The van der Waals surface area contributed by atoms with E-state index in [0.717, 1.165) is 30.7 Å². The molecule has 1 unspecified atom stereocenters. The minimum absolute atomic E-state index is 0.125. The highest BCUT2D eigenvalue weighted by Gasteiger charge is 2.23. The van der Waals surface area contributed by atoms with Crippen LogP contribution in [-0.4, -0.2) is 36.9 Å². The molecule has 0 radical (unpaired) electrons. The van der Waals surface area contributed by atoms with E-state index < -0.39 is 0 Å². The predicted molar refractivity (Wildman–Crippen MR) is 105 cm³/mol. The van der Waals surface area contributed by atoms with Crippen LogP contribution in [0.15, 0.2) is 48.9 Å². The lowest BCUT2D eigenvalue weighted by Crippen LogP contribution is -2.15. The molecule has 1 atom stereocenters. The first-order valence-corrected chi connectivity index (χ1v) is 9.38. The molecule has 0 amide bonds. The molecule has 0 aliphatic carbocycles. The van der Waals surface area contributed by atoms with Crippen LogP contribution in [0.1, 0.15) is 12.8 Å². The third-order valence-corrected chi connectivity index (χ3v) is 5.08. The minimum Gasteiger partial charge on any atom is -0.376 e. The standard InChI is InChI=1S/C21H17FN6O/c1-23-19-11-24-18-9-8-17(26-28(18)19)21-20(14-4-6-15(22)7-5-14)25-13-27(21)12-16-3-2-10-29-16/h4-9,11,13,16H,2-3,10,12H2. The number of benzene rings is 1. The molecule has 144 valence electrons. The molecule has 3 aromatic heterocycles. The molecule has 29 heavy (non-hydrogen) atoms. The van der Waals surface area contributed by atoms with E-state index in [4.69, 9.17) is 11.3 Å². The van der Waals surface area contributed by atoms with Crippen molar-refractivity contribution in [2.45, 2.75) is 25.5 Å². The first-order chi connectivity index (χ1) is 14.2. The van der Waals surface area contributed by atoms with E-state index in [1.54, 1.807) is 18.5 Å². The molecule has 4 aromatic rings. The highest BCUT2D eigenvalue weighted by Crippen LogP contribution is 2.32. The maximum atomic E-state index is 13.4. The number of fused-ring (bicyclic) bond motifs is 1. The summed E-state index contributed by atoms with van der Waals surface area (Å²) >= 11 is 0. The Morgan fingerprint density at radius 2 is 2.03 bits per heavy atom. The zero-order valence-corrected chi connectivity index (χ0v) is 15.5. The second-order valence-electron chi connectivity index (χ2n) is 6.95. The molecule has 1 aromatic carbocycles. The van der Waals surface area contributed by atoms with Crippen molar-refractivity contribution in [3.8, 4) is 22.6 Å². The maximum Gasteiger partial charge on any atom is 0.275 e. The number of imidazole rings is 2. The van der Waals surface area contributed by atoms with Crippen molar-refractivity contribution in [1.29, 1.82) is 0 Å². The third kappa shape index (κ3) is 3.15. The Bertz CT molecular complexity index is 1210. The second kappa shape index (κ2) is 7.11. The molecule has 0 saturated carbocycles. The van der Waals surface area contributed by atoms with Gasteiger partial charge >= 0.3 is 0 Å². The van der Waals surface area contributed by atoms with Gasteiger partial charge in [0.25, 0.3) is 5.82 Å². The molecule has 8 heteroatoms. The first-order valence-electron chi connectivity index (χ1n) is 9.38. The van der Waals surface area contributed by atoms with Gasteiger partial charge in [-0.3, -0.25) is 0 Å². The summed E-state index contributed by atoms with van der Waals surface area (Å²) in [6.07, 6.45) is 5.45. The number of rotatable bonds is 4. The molecule has 1 aliphatic heterocycles. The summed E-state index contributed by atoms with van der Waals surface area (Å²) in [5, 5.41) is 4.65. The minimum atomic E-state index is -0.297. The summed E-state index contributed by atoms with van der Waals surface area (Å²) in [5.74, 6) is 0.0455. The fraction of sp³-hybridized carbons (Fsp3) is 0.238. The third-order valence-electron chi connectivity index (χ3n) is 5.08. The van der Waals surface area contributed by atoms with Gasteiger partial charge in [0.2, 0.25) is 5.65 Å². The van der Waals surface area contributed by atoms with E-state index in [9.17, 15) is 4.39 Å². The summed E-state index contributed by atoms with van der Waals surface area (Å²) in [4.78, 5) is 12.3. The number of ether oxygens (including phenoxy) is 1. The molecule has 1 fully saturated rings. The fourth-order valence-corrected chi connectivity index (χ4v) is 3.68. The van der Waals surface area contributed by atoms with Gasteiger partial charge in [-0.2, -0.15) is 0 Å². The molecule has 1 saturated heterocycles. The summed E-state index contributed by atoms with van der Waals surface area (Å²) in [6.45, 7) is 8.76. The number of hydrogen-bond acceptors (Lipinski definition) is 4. The average molecular weight is 388 g/mol. The van der Waals surface area contributed by atoms with Crippen LogP contribution >= 0.6 is 0 Å². The SMILES string of the molecule is [C-]#[N+]c1cnc2ccc(-c3c(-c4ccc(F)cc4)ncn3CC3CCCO3)nn12. The smallest absolute Gasteiger partial charge is 0.275 e. The lowest BCUT2D eigenvalue weighted by atomic mass is 10.1. The normalized spacial score (nSPS) is 16.3. The number of halogens is 1. The topological polar surface area (TPSA) is 61.6 Å². The van der Waals surface area contributed by atoms with Crippen molar-refractivity contribution in [3.05, 3.63) is 66.2 Å². The Balaban J connectivity index is 1.67. The van der Waals surface area contributed by atoms with E-state index in [1.165, 1.54) is 22.8 Å². The Morgan fingerprint density at radius 1 is 1.17 bits per heavy atom. The Kier molecular flexibility index (Phi) is 4.30. The highest BCUT2D eigenvalue weighted by atomic mass is 19.1. The van der Waals surface area contributed by atoms with Crippen molar-refractivity contribution < 1.29 is 9.13 Å². The van der Waals surface area contributed by atoms with Crippen molar-refractivity contribution in [2.75, 3.05) is 6.61 Å². The van der Waals surface area contributed by atoms with E-state index in [1.807, 2.05) is 16.7 Å². The Hall–Kier alpha value is -3.57. The molecular weight excluding hydrogens is 371 g/mol. The zero-order valence-electron chi connectivity index (χ0n) is 15.5. The van der Waals surface area contributed by atoms with Crippen molar-refractivity contribution in [2.24, 2.45) is 0 Å². The predicted octanol–water partition coefficient (Wildman–Crippen LogP) is 4.13. The van der Waals surface area contributed by atoms with Crippen LogP contribution in [0.4, 0.5) is 10.2 Å². The number of aromatic nitrogens is 5. The van der Waals surface area contributed by atoms with Crippen LogP contribution in [0.2, 0.25) is 0 Å². The van der Waals surface area contributed by atoms with E-state index in [2.05, 4.69) is 19.9 Å². The van der Waals surface area contributed by atoms with Crippen molar-refractivity contribution >= 4 is 11.5 Å². The molecule has 0 spiro atoms. The zero-order chi connectivity index (χ0) is 19.8. The molecule has 1 aliphatic rings. The summed E-state index contributed by atoms with van der Waals surface area (Å²) in [7, 11) is 0. The van der Waals surface area contributed by atoms with Crippen LogP contribution in [0.3, 0.4) is 0 Å². The van der Waals surface area contributed by atoms with Gasteiger partial charge in [0.05, 0.1) is 36.6 Å². The van der Waals surface area contributed by atoms with Crippen LogP contribution < -0.4 is 0 Å². The molecule has 0 N–H and O–H groups in total. The Labute approximate surface area is 166 Å². The number of nitrogens with zero attached hydrogens (tertiary/aromatic N) is 6. The van der Waals surface area contributed by atoms with E-state index in [-0.39, 0.29) is 11.9 Å². The van der Waals surface area contributed by atoms with Crippen molar-refractivity contribution in [1.82, 2.24) is 24.1 Å². The van der Waals surface area contributed by atoms with Crippen molar-refractivity contribution in [3.63, 3.8) is 0 Å². The van der Waals surface area contributed by atoms with Crippen LogP contribution in [0, 0.1) is 12.4 Å².